The first-order valence-corrected chi connectivity index (χ1v) is 7.32. The van der Waals surface area contributed by atoms with Crippen molar-refractivity contribution in [2.75, 3.05) is 4.90 Å². The maximum atomic E-state index is 6.14. The molecule has 0 aromatic heterocycles. The summed E-state index contributed by atoms with van der Waals surface area (Å²) in [4.78, 5) is 2.65. The Bertz CT molecular complexity index is 427. The Morgan fingerprint density at radius 3 is 2.44 bits per heavy atom. The normalized spacial score (nSPS) is 30.8. The highest BCUT2D eigenvalue weighted by atomic mass is 15.2. The SMILES string of the molecule is CCc1ccc(N2C3CCC2CC(N)C3)cc1C. The number of nitrogens with two attached hydrogens (primary N) is 1. The number of rotatable bonds is 2. The molecule has 2 unspecified atom stereocenters. The van der Waals surface area contributed by atoms with Gasteiger partial charge in [0.25, 0.3) is 0 Å². The smallest absolute Gasteiger partial charge is 0.0374 e. The maximum absolute atomic E-state index is 6.14. The molecule has 0 radical (unpaired) electrons. The molecule has 2 atom stereocenters. The first-order valence-electron chi connectivity index (χ1n) is 7.32. The molecule has 3 rings (SSSR count). The fourth-order valence-corrected chi connectivity index (χ4v) is 3.88. The Kier molecular flexibility index (Phi) is 3.06. The standard InChI is InChI=1S/C16H24N2/c1-3-12-4-5-14(8-11(12)2)18-15-6-7-16(18)10-13(17)9-15/h4-5,8,13,15-16H,3,6-7,9-10,17H2,1-2H3. The lowest BCUT2D eigenvalue weighted by molar-refractivity contribution is 0.414. The first kappa shape index (κ1) is 12.0. The second-order valence-electron chi connectivity index (χ2n) is 5.99. The first-order chi connectivity index (χ1) is 8.69. The van der Waals surface area contributed by atoms with Crippen molar-refractivity contribution in [3.8, 4) is 0 Å². The fourth-order valence-electron chi connectivity index (χ4n) is 3.88. The second kappa shape index (κ2) is 4.58. The lowest BCUT2D eigenvalue weighted by Gasteiger charge is -2.39. The average molecular weight is 244 g/mol. The van der Waals surface area contributed by atoms with E-state index in [0.717, 1.165) is 6.42 Å². The fraction of sp³-hybridized carbons (Fsp3) is 0.625. The number of nitrogens with zero attached hydrogens (tertiary/aromatic N) is 1. The topological polar surface area (TPSA) is 29.3 Å². The number of hydrogen-bond acceptors (Lipinski definition) is 2. The van der Waals surface area contributed by atoms with Gasteiger partial charge in [-0.1, -0.05) is 13.0 Å². The minimum atomic E-state index is 0.426. The van der Waals surface area contributed by atoms with Gasteiger partial charge < -0.3 is 10.6 Å². The number of anilines is 1. The summed E-state index contributed by atoms with van der Waals surface area (Å²) in [6, 6.07) is 8.79. The zero-order valence-electron chi connectivity index (χ0n) is 11.5. The molecule has 2 heterocycles. The van der Waals surface area contributed by atoms with Gasteiger partial charge in [0.2, 0.25) is 0 Å². The van der Waals surface area contributed by atoms with Gasteiger partial charge in [0.15, 0.2) is 0 Å². The Labute approximate surface area is 110 Å². The molecule has 98 valence electrons. The highest BCUT2D eigenvalue weighted by molar-refractivity contribution is 5.54. The number of benzene rings is 1. The van der Waals surface area contributed by atoms with E-state index in [1.807, 2.05) is 0 Å². The molecule has 2 nitrogen and oxygen atoms in total. The molecule has 1 aromatic carbocycles. The molecule has 2 aliphatic heterocycles. The van der Waals surface area contributed by atoms with E-state index in [-0.39, 0.29) is 0 Å². The lowest BCUT2D eigenvalue weighted by Crippen LogP contribution is -2.47. The quantitative estimate of drug-likeness (QED) is 0.866. The van der Waals surface area contributed by atoms with Crippen molar-refractivity contribution in [1.82, 2.24) is 0 Å². The van der Waals surface area contributed by atoms with Crippen LogP contribution in [-0.4, -0.2) is 18.1 Å². The minimum Gasteiger partial charge on any atom is -0.365 e. The van der Waals surface area contributed by atoms with Crippen LogP contribution in [0.15, 0.2) is 18.2 Å². The van der Waals surface area contributed by atoms with Gasteiger partial charge in [-0.15, -0.1) is 0 Å². The van der Waals surface area contributed by atoms with Crippen LogP contribution in [0.3, 0.4) is 0 Å². The third-order valence-corrected chi connectivity index (χ3v) is 4.77. The molecule has 2 bridgehead atoms. The zero-order valence-corrected chi connectivity index (χ0v) is 11.5. The molecule has 0 amide bonds. The molecule has 2 saturated heterocycles. The molecule has 1 aromatic rings. The van der Waals surface area contributed by atoms with Crippen molar-refractivity contribution < 1.29 is 0 Å². The van der Waals surface area contributed by atoms with Crippen molar-refractivity contribution in [2.24, 2.45) is 5.73 Å². The third-order valence-electron chi connectivity index (χ3n) is 4.77. The molecule has 0 spiro atoms. The Hall–Kier alpha value is -1.02. The zero-order chi connectivity index (χ0) is 12.7. The van der Waals surface area contributed by atoms with E-state index in [1.54, 1.807) is 0 Å². The van der Waals surface area contributed by atoms with Crippen LogP contribution in [0.25, 0.3) is 0 Å². The van der Waals surface area contributed by atoms with Gasteiger partial charge in [-0.05, 0) is 62.3 Å². The van der Waals surface area contributed by atoms with Gasteiger partial charge >= 0.3 is 0 Å². The van der Waals surface area contributed by atoms with E-state index in [2.05, 4.69) is 36.9 Å². The summed E-state index contributed by atoms with van der Waals surface area (Å²) in [6.07, 6.45) is 6.12. The Morgan fingerprint density at radius 1 is 1.22 bits per heavy atom. The summed E-state index contributed by atoms with van der Waals surface area (Å²) in [5.74, 6) is 0. The molecule has 18 heavy (non-hydrogen) atoms. The summed E-state index contributed by atoms with van der Waals surface area (Å²) in [6.45, 7) is 4.46. The molecule has 2 aliphatic rings. The van der Waals surface area contributed by atoms with Crippen LogP contribution >= 0.6 is 0 Å². The predicted molar refractivity (Wildman–Crippen MR) is 77.1 cm³/mol. The lowest BCUT2D eigenvalue weighted by atomic mass is 9.96. The van der Waals surface area contributed by atoms with E-state index in [9.17, 15) is 0 Å². The van der Waals surface area contributed by atoms with Crippen LogP contribution in [0, 0.1) is 6.92 Å². The van der Waals surface area contributed by atoms with Crippen molar-refractivity contribution >= 4 is 5.69 Å². The van der Waals surface area contributed by atoms with E-state index in [0.29, 0.717) is 18.1 Å². The molecule has 2 heteroatoms. The molecule has 2 N–H and O–H groups in total. The van der Waals surface area contributed by atoms with Gasteiger partial charge in [-0.3, -0.25) is 0 Å². The van der Waals surface area contributed by atoms with Crippen LogP contribution in [0.1, 0.15) is 43.7 Å². The van der Waals surface area contributed by atoms with E-state index >= 15 is 0 Å². The van der Waals surface area contributed by atoms with E-state index < -0.39 is 0 Å². The Balaban J connectivity index is 1.89. The summed E-state index contributed by atoms with van der Waals surface area (Å²) in [5.41, 5.74) is 10.5. The maximum Gasteiger partial charge on any atom is 0.0374 e. The second-order valence-corrected chi connectivity index (χ2v) is 5.99. The van der Waals surface area contributed by atoms with Gasteiger partial charge in [-0.25, -0.2) is 0 Å². The number of hydrogen-bond donors (Lipinski definition) is 1. The van der Waals surface area contributed by atoms with Gasteiger partial charge in [0.05, 0.1) is 0 Å². The van der Waals surface area contributed by atoms with Gasteiger partial charge in [0, 0.05) is 23.8 Å². The van der Waals surface area contributed by atoms with Gasteiger partial charge in [0.1, 0.15) is 0 Å². The summed E-state index contributed by atoms with van der Waals surface area (Å²) < 4.78 is 0. The minimum absolute atomic E-state index is 0.426. The van der Waals surface area contributed by atoms with Crippen molar-refractivity contribution in [2.45, 2.75) is 64.1 Å². The number of fused-ring (bicyclic) bond motifs is 2. The third kappa shape index (κ3) is 1.93. The van der Waals surface area contributed by atoms with Crippen LogP contribution in [0.5, 0.6) is 0 Å². The van der Waals surface area contributed by atoms with E-state index in [4.69, 9.17) is 5.73 Å². The van der Waals surface area contributed by atoms with Crippen LogP contribution in [-0.2, 0) is 6.42 Å². The molecular weight excluding hydrogens is 220 g/mol. The van der Waals surface area contributed by atoms with Crippen LogP contribution in [0.2, 0.25) is 0 Å². The molecule has 0 aliphatic carbocycles. The number of aryl methyl sites for hydroxylation is 2. The van der Waals surface area contributed by atoms with Gasteiger partial charge in [-0.2, -0.15) is 0 Å². The van der Waals surface area contributed by atoms with Crippen molar-refractivity contribution in [3.63, 3.8) is 0 Å². The highest BCUT2D eigenvalue weighted by Gasteiger charge is 2.39. The molecular formula is C16H24N2. The summed E-state index contributed by atoms with van der Waals surface area (Å²) in [7, 11) is 0. The number of piperidine rings is 1. The average Bonchev–Trinajstić information content (AvgIpc) is 2.61. The van der Waals surface area contributed by atoms with Crippen LogP contribution in [0.4, 0.5) is 5.69 Å². The largest absolute Gasteiger partial charge is 0.365 e. The van der Waals surface area contributed by atoms with E-state index in [1.165, 1.54) is 42.5 Å². The molecule has 2 fully saturated rings. The molecule has 0 saturated carbocycles. The summed E-state index contributed by atoms with van der Waals surface area (Å²) in [5, 5.41) is 0. The van der Waals surface area contributed by atoms with Crippen LogP contribution < -0.4 is 10.6 Å². The van der Waals surface area contributed by atoms with Crippen molar-refractivity contribution in [1.29, 1.82) is 0 Å². The Morgan fingerprint density at radius 2 is 1.89 bits per heavy atom. The monoisotopic (exact) mass is 244 g/mol. The predicted octanol–water partition coefficient (Wildman–Crippen LogP) is 3.02. The van der Waals surface area contributed by atoms with Crippen molar-refractivity contribution in [3.05, 3.63) is 29.3 Å². The highest BCUT2D eigenvalue weighted by Crippen LogP contribution is 2.39. The summed E-state index contributed by atoms with van der Waals surface area (Å²) >= 11 is 0.